The van der Waals surface area contributed by atoms with E-state index in [-0.39, 0.29) is 17.5 Å². The van der Waals surface area contributed by atoms with Crippen LogP contribution in [0.4, 0.5) is 0 Å². The van der Waals surface area contributed by atoms with Gasteiger partial charge in [-0.3, -0.25) is 0 Å². The van der Waals surface area contributed by atoms with E-state index in [2.05, 4.69) is 11.6 Å². The van der Waals surface area contributed by atoms with Crippen LogP contribution >= 0.6 is 23.1 Å². The number of aliphatic hydroxyl groups is 1. The molecule has 2 rings (SSSR count). The van der Waals surface area contributed by atoms with E-state index in [1.165, 1.54) is 11.3 Å². The Morgan fingerprint density at radius 1 is 1.53 bits per heavy atom. The van der Waals surface area contributed by atoms with Crippen molar-refractivity contribution in [3.63, 3.8) is 0 Å². The van der Waals surface area contributed by atoms with Crippen LogP contribution in [0.25, 0.3) is 0 Å². The van der Waals surface area contributed by atoms with Gasteiger partial charge in [-0.25, -0.2) is 13.1 Å². The molecule has 108 valence electrons. The Morgan fingerprint density at radius 3 is 2.95 bits per heavy atom. The molecule has 19 heavy (non-hydrogen) atoms. The van der Waals surface area contributed by atoms with E-state index in [1.807, 2.05) is 11.8 Å². The highest BCUT2D eigenvalue weighted by molar-refractivity contribution is 7.99. The fourth-order valence-corrected chi connectivity index (χ4v) is 5.87. The number of aliphatic hydroxyl groups excluding tert-OH is 1. The predicted molar refractivity (Wildman–Crippen MR) is 80.1 cm³/mol. The summed E-state index contributed by atoms with van der Waals surface area (Å²) in [4.78, 5) is 0.944. The molecule has 7 heteroatoms. The van der Waals surface area contributed by atoms with Crippen LogP contribution in [0.3, 0.4) is 0 Å². The highest BCUT2D eigenvalue weighted by atomic mass is 32.2. The van der Waals surface area contributed by atoms with Crippen LogP contribution in [-0.2, 0) is 16.6 Å². The van der Waals surface area contributed by atoms with Gasteiger partial charge in [-0.15, -0.1) is 11.3 Å². The molecule has 2 atom stereocenters. The first-order valence-electron chi connectivity index (χ1n) is 6.37. The molecule has 4 nitrogen and oxygen atoms in total. The van der Waals surface area contributed by atoms with E-state index >= 15 is 0 Å². The van der Waals surface area contributed by atoms with Crippen molar-refractivity contribution in [2.75, 3.05) is 5.75 Å². The van der Waals surface area contributed by atoms with Crippen LogP contribution < -0.4 is 4.72 Å². The largest absolute Gasteiger partial charge is 0.391 e. The van der Waals surface area contributed by atoms with Crippen molar-refractivity contribution in [1.82, 2.24) is 4.72 Å². The van der Waals surface area contributed by atoms with Crippen molar-refractivity contribution in [2.24, 2.45) is 0 Å². The standard InChI is InChI=1S/C12H19NO3S3/c1-2-17-10-4-3-9(5-10)13-19(15,16)12-6-11(7-14)18-8-12/h6,8-10,13-14H,2-5,7H2,1H3. The van der Waals surface area contributed by atoms with Gasteiger partial charge in [0.2, 0.25) is 10.0 Å². The predicted octanol–water partition coefficient (Wildman–Crippen LogP) is 2.19. The van der Waals surface area contributed by atoms with Crippen molar-refractivity contribution in [3.05, 3.63) is 16.3 Å². The summed E-state index contributed by atoms with van der Waals surface area (Å²) in [6.07, 6.45) is 2.90. The van der Waals surface area contributed by atoms with E-state index in [0.717, 1.165) is 25.0 Å². The zero-order chi connectivity index (χ0) is 13.9. The Labute approximate surface area is 122 Å². The average Bonchev–Trinajstić information content (AvgIpc) is 2.98. The van der Waals surface area contributed by atoms with E-state index in [1.54, 1.807) is 11.4 Å². The second kappa shape index (κ2) is 6.58. The SMILES string of the molecule is CCSC1CCC(NS(=O)(=O)c2csc(CO)c2)C1. The van der Waals surface area contributed by atoms with Crippen LogP contribution in [0.5, 0.6) is 0 Å². The van der Waals surface area contributed by atoms with E-state index in [4.69, 9.17) is 5.11 Å². The number of thioether (sulfide) groups is 1. The molecule has 1 aliphatic rings. The van der Waals surface area contributed by atoms with Gasteiger partial charge in [0.1, 0.15) is 0 Å². The van der Waals surface area contributed by atoms with Gasteiger partial charge in [-0.1, -0.05) is 6.92 Å². The molecule has 1 aromatic heterocycles. The number of sulfonamides is 1. The number of hydrogen-bond acceptors (Lipinski definition) is 5. The second-order valence-electron chi connectivity index (χ2n) is 4.62. The quantitative estimate of drug-likeness (QED) is 0.843. The number of rotatable bonds is 6. The lowest BCUT2D eigenvalue weighted by Gasteiger charge is -2.12. The van der Waals surface area contributed by atoms with Crippen molar-refractivity contribution in [2.45, 2.75) is 49.0 Å². The van der Waals surface area contributed by atoms with Crippen molar-refractivity contribution in [1.29, 1.82) is 0 Å². The summed E-state index contributed by atoms with van der Waals surface area (Å²) in [6, 6.07) is 1.59. The molecule has 0 aromatic carbocycles. The second-order valence-corrected chi connectivity index (χ2v) is 8.90. The lowest BCUT2D eigenvalue weighted by atomic mass is 10.3. The van der Waals surface area contributed by atoms with E-state index in [0.29, 0.717) is 10.1 Å². The molecule has 1 heterocycles. The molecular formula is C12H19NO3S3. The van der Waals surface area contributed by atoms with Gasteiger partial charge in [0.05, 0.1) is 11.5 Å². The lowest BCUT2D eigenvalue weighted by Crippen LogP contribution is -2.32. The first-order chi connectivity index (χ1) is 9.05. The van der Waals surface area contributed by atoms with Gasteiger partial charge in [0.25, 0.3) is 0 Å². The maximum Gasteiger partial charge on any atom is 0.241 e. The Kier molecular flexibility index (Phi) is 5.30. The molecule has 2 unspecified atom stereocenters. The molecule has 0 saturated heterocycles. The molecule has 0 radical (unpaired) electrons. The Morgan fingerprint density at radius 2 is 2.32 bits per heavy atom. The summed E-state index contributed by atoms with van der Waals surface area (Å²) < 4.78 is 27.2. The maximum absolute atomic E-state index is 12.2. The molecular weight excluding hydrogens is 302 g/mol. The molecule has 1 saturated carbocycles. The van der Waals surface area contributed by atoms with Crippen LogP contribution in [0, 0.1) is 0 Å². The molecule has 0 spiro atoms. The van der Waals surface area contributed by atoms with Gasteiger partial charge in [-0.05, 0) is 31.1 Å². The normalized spacial score (nSPS) is 23.9. The lowest BCUT2D eigenvalue weighted by molar-refractivity contribution is 0.285. The zero-order valence-electron chi connectivity index (χ0n) is 10.8. The summed E-state index contributed by atoms with van der Waals surface area (Å²) in [6.45, 7) is 2.02. The van der Waals surface area contributed by atoms with E-state index < -0.39 is 10.0 Å². The minimum absolute atomic E-state index is 0.0477. The minimum Gasteiger partial charge on any atom is -0.391 e. The highest BCUT2D eigenvalue weighted by Crippen LogP contribution is 2.30. The molecule has 0 bridgehead atoms. The maximum atomic E-state index is 12.2. The van der Waals surface area contributed by atoms with Crippen LogP contribution in [-0.4, -0.2) is 30.6 Å². The molecule has 1 fully saturated rings. The Balaban J connectivity index is 1.98. The molecule has 2 N–H and O–H groups in total. The van der Waals surface area contributed by atoms with E-state index in [9.17, 15) is 8.42 Å². The highest BCUT2D eigenvalue weighted by Gasteiger charge is 2.29. The first-order valence-corrected chi connectivity index (χ1v) is 9.78. The van der Waals surface area contributed by atoms with Gasteiger partial charge >= 0.3 is 0 Å². The number of nitrogens with one attached hydrogen (secondary N) is 1. The summed E-state index contributed by atoms with van der Waals surface area (Å²) in [5.74, 6) is 1.08. The third-order valence-electron chi connectivity index (χ3n) is 3.20. The monoisotopic (exact) mass is 321 g/mol. The van der Waals surface area contributed by atoms with Crippen LogP contribution in [0.15, 0.2) is 16.3 Å². The first kappa shape index (κ1) is 15.3. The van der Waals surface area contributed by atoms with Crippen molar-refractivity contribution >= 4 is 33.1 Å². The average molecular weight is 321 g/mol. The van der Waals surface area contributed by atoms with Crippen LogP contribution in [0.1, 0.15) is 31.1 Å². The third-order valence-corrected chi connectivity index (χ3v) is 7.01. The number of thiophene rings is 1. The summed E-state index contributed by atoms with van der Waals surface area (Å²) in [5.41, 5.74) is 0. The fourth-order valence-electron chi connectivity index (χ4n) is 2.31. The minimum atomic E-state index is -3.43. The van der Waals surface area contributed by atoms with Crippen LogP contribution in [0.2, 0.25) is 0 Å². The Bertz CT molecular complexity index is 512. The Hall–Kier alpha value is -0.0800. The third kappa shape index (κ3) is 3.95. The topological polar surface area (TPSA) is 66.4 Å². The van der Waals surface area contributed by atoms with Gasteiger partial charge in [-0.2, -0.15) is 11.8 Å². The number of hydrogen-bond donors (Lipinski definition) is 2. The molecule has 1 aromatic rings. The van der Waals surface area contributed by atoms with Gasteiger partial charge in [0, 0.05) is 21.5 Å². The summed E-state index contributed by atoms with van der Waals surface area (Å²) in [7, 11) is -3.43. The fraction of sp³-hybridized carbons (Fsp3) is 0.667. The molecule has 0 aliphatic heterocycles. The van der Waals surface area contributed by atoms with Crippen molar-refractivity contribution in [3.8, 4) is 0 Å². The summed E-state index contributed by atoms with van der Waals surface area (Å²) >= 11 is 3.18. The molecule has 1 aliphatic carbocycles. The van der Waals surface area contributed by atoms with Gasteiger partial charge in [0.15, 0.2) is 0 Å². The zero-order valence-corrected chi connectivity index (χ0v) is 13.3. The van der Waals surface area contributed by atoms with Crippen molar-refractivity contribution < 1.29 is 13.5 Å². The summed E-state index contributed by atoms with van der Waals surface area (Å²) in [5, 5.41) is 11.1. The smallest absolute Gasteiger partial charge is 0.241 e. The molecule has 0 amide bonds. The van der Waals surface area contributed by atoms with Gasteiger partial charge < -0.3 is 5.11 Å².